The standard InChI is InChI=1S/C27H25F2N3O2/c28-21-11-9-19(10-12-21)25(32-18-20-5-1-2-6-22(20)27(32)34)17-26(33)31-15-13-30(14-16-31)24-8-4-3-7-23(24)29/h1-12,25H,13-18H2/t25-/m1/s1. The smallest absolute Gasteiger partial charge is 0.255 e. The molecular weight excluding hydrogens is 436 g/mol. The Balaban J connectivity index is 1.32. The van der Waals surface area contributed by atoms with Crippen molar-refractivity contribution in [2.24, 2.45) is 0 Å². The minimum absolute atomic E-state index is 0.0775. The van der Waals surface area contributed by atoms with Crippen LogP contribution in [0, 0.1) is 11.6 Å². The fourth-order valence-corrected chi connectivity index (χ4v) is 4.82. The molecule has 5 rings (SSSR count). The fraction of sp³-hybridized carbons (Fsp3) is 0.259. The van der Waals surface area contributed by atoms with Crippen LogP contribution in [0.3, 0.4) is 0 Å². The first-order valence-electron chi connectivity index (χ1n) is 11.4. The van der Waals surface area contributed by atoms with Gasteiger partial charge >= 0.3 is 0 Å². The first kappa shape index (κ1) is 22.1. The molecular formula is C27H25F2N3O2. The van der Waals surface area contributed by atoms with E-state index in [4.69, 9.17) is 0 Å². The van der Waals surface area contributed by atoms with Crippen molar-refractivity contribution in [1.82, 2.24) is 9.80 Å². The Bertz CT molecular complexity index is 1210. The van der Waals surface area contributed by atoms with E-state index in [1.807, 2.05) is 23.1 Å². The van der Waals surface area contributed by atoms with E-state index in [0.29, 0.717) is 44.0 Å². The molecule has 2 aliphatic heterocycles. The van der Waals surface area contributed by atoms with Crippen LogP contribution in [0.1, 0.15) is 33.9 Å². The van der Waals surface area contributed by atoms with E-state index in [9.17, 15) is 18.4 Å². The van der Waals surface area contributed by atoms with Crippen LogP contribution in [0.5, 0.6) is 0 Å². The van der Waals surface area contributed by atoms with E-state index >= 15 is 0 Å². The molecule has 1 fully saturated rings. The number of para-hydroxylation sites is 1. The number of carbonyl (C=O) groups excluding carboxylic acids is 2. The Labute approximate surface area is 197 Å². The lowest BCUT2D eigenvalue weighted by Crippen LogP contribution is -2.49. The van der Waals surface area contributed by atoms with Crippen molar-refractivity contribution in [2.75, 3.05) is 31.1 Å². The molecule has 3 aromatic carbocycles. The third kappa shape index (κ3) is 4.25. The highest BCUT2D eigenvalue weighted by molar-refractivity contribution is 5.98. The summed E-state index contributed by atoms with van der Waals surface area (Å²) in [5, 5.41) is 0. The van der Waals surface area contributed by atoms with E-state index in [-0.39, 0.29) is 29.9 Å². The predicted molar refractivity (Wildman–Crippen MR) is 125 cm³/mol. The van der Waals surface area contributed by atoms with Crippen LogP contribution >= 0.6 is 0 Å². The second-order valence-electron chi connectivity index (χ2n) is 8.68. The Kier molecular flexibility index (Phi) is 6.01. The highest BCUT2D eigenvalue weighted by Crippen LogP contribution is 2.34. The highest BCUT2D eigenvalue weighted by Gasteiger charge is 2.35. The average Bonchev–Trinajstić information content (AvgIpc) is 3.20. The summed E-state index contributed by atoms with van der Waals surface area (Å²) in [5.41, 5.74) is 2.83. The van der Waals surface area contributed by atoms with Crippen molar-refractivity contribution in [3.63, 3.8) is 0 Å². The largest absolute Gasteiger partial charge is 0.366 e. The van der Waals surface area contributed by atoms with E-state index in [1.54, 1.807) is 46.2 Å². The summed E-state index contributed by atoms with van der Waals surface area (Å²) in [4.78, 5) is 31.9. The molecule has 1 atom stereocenters. The number of benzene rings is 3. The summed E-state index contributed by atoms with van der Waals surface area (Å²) in [5.74, 6) is -0.840. The summed E-state index contributed by atoms with van der Waals surface area (Å²) >= 11 is 0. The molecule has 1 saturated heterocycles. The molecule has 0 radical (unpaired) electrons. The molecule has 5 nitrogen and oxygen atoms in total. The van der Waals surface area contributed by atoms with Gasteiger partial charge in [0.15, 0.2) is 0 Å². The predicted octanol–water partition coefficient (Wildman–Crippen LogP) is 4.40. The number of carbonyl (C=O) groups is 2. The van der Waals surface area contributed by atoms with Gasteiger partial charge in [0.2, 0.25) is 5.91 Å². The first-order valence-corrected chi connectivity index (χ1v) is 11.4. The Morgan fingerprint density at radius 3 is 2.24 bits per heavy atom. The average molecular weight is 462 g/mol. The van der Waals surface area contributed by atoms with E-state index in [1.165, 1.54) is 18.2 Å². The zero-order chi connectivity index (χ0) is 23.7. The number of hydrogen-bond acceptors (Lipinski definition) is 3. The van der Waals surface area contributed by atoms with Gasteiger partial charge in [-0.25, -0.2) is 8.78 Å². The number of rotatable bonds is 5. The van der Waals surface area contributed by atoms with Gasteiger partial charge in [-0.2, -0.15) is 0 Å². The molecule has 0 aromatic heterocycles. The molecule has 0 spiro atoms. The quantitative estimate of drug-likeness (QED) is 0.566. The SMILES string of the molecule is O=C(C[C@H](c1ccc(F)cc1)N1Cc2ccccc2C1=O)N1CCN(c2ccccc2F)CC1. The minimum atomic E-state index is -0.502. The van der Waals surface area contributed by atoms with Gasteiger partial charge in [-0.3, -0.25) is 9.59 Å². The van der Waals surface area contributed by atoms with Crippen molar-refractivity contribution < 1.29 is 18.4 Å². The second kappa shape index (κ2) is 9.25. The molecule has 0 saturated carbocycles. The topological polar surface area (TPSA) is 43.9 Å². The fourth-order valence-electron chi connectivity index (χ4n) is 4.82. The lowest BCUT2D eigenvalue weighted by Gasteiger charge is -2.37. The molecule has 2 heterocycles. The molecule has 174 valence electrons. The van der Waals surface area contributed by atoms with Gasteiger partial charge in [0.05, 0.1) is 18.2 Å². The maximum Gasteiger partial charge on any atom is 0.255 e. The van der Waals surface area contributed by atoms with Crippen LogP contribution in [0.15, 0.2) is 72.8 Å². The Morgan fingerprint density at radius 1 is 0.853 bits per heavy atom. The number of nitrogens with zero attached hydrogens (tertiary/aromatic N) is 3. The Morgan fingerprint density at radius 2 is 1.53 bits per heavy atom. The number of amides is 2. The van der Waals surface area contributed by atoms with Gasteiger partial charge in [-0.05, 0) is 41.5 Å². The van der Waals surface area contributed by atoms with E-state index in [2.05, 4.69) is 0 Å². The van der Waals surface area contributed by atoms with Gasteiger partial charge in [-0.1, -0.05) is 42.5 Å². The lowest BCUT2D eigenvalue weighted by molar-refractivity contribution is -0.132. The van der Waals surface area contributed by atoms with Crippen molar-refractivity contribution in [3.05, 3.63) is 101 Å². The zero-order valence-electron chi connectivity index (χ0n) is 18.7. The second-order valence-corrected chi connectivity index (χ2v) is 8.68. The Hall–Kier alpha value is -3.74. The molecule has 0 bridgehead atoms. The first-order chi connectivity index (χ1) is 16.5. The molecule has 34 heavy (non-hydrogen) atoms. The normalized spacial score (nSPS) is 16.5. The van der Waals surface area contributed by atoms with Crippen molar-refractivity contribution in [1.29, 1.82) is 0 Å². The third-order valence-electron chi connectivity index (χ3n) is 6.67. The monoisotopic (exact) mass is 461 g/mol. The summed E-state index contributed by atoms with van der Waals surface area (Å²) in [6.45, 7) is 2.41. The van der Waals surface area contributed by atoms with Gasteiger partial charge in [0.1, 0.15) is 11.6 Å². The minimum Gasteiger partial charge on any atom is -0.366 e. The third-order valence-corrected chi connectivity index (χ3v) is 6.67. The highest BCUT2D eigenvalue weighted by atomic mass is 19.1. The van der Waals surface area contributed by atoms with Crippen molar-refractivity contribution in [3.8, 4) is 0 Å². The van der Waals surface area contributed by atoms with Crippen LogP contribution in [0.2, 0.25) is 0 Å². The number of anilines is 1. The maximum atomic E-state index is 14.2. The van der Waals surface area contributed by atoms with E-state index in [0.717, 1.165) is 11.1 Å². The lowest BCUT2D eigenvalue weighted by atomic mass is 10.0. The zero-order valence-corrected chi connectivity index (χ0v) is 18.7. The number of halogens is 2. The molecule has 2 amide bonds. The maximum absolute atomic E-state index is 14.2. The molecule has 7 heteroatoms. The van der Waals surface area contributed by atoms with E-state index < -0.39 is 6.04 Å². The molecule has 3 aromatic rings. The van der Waals surface area contributed by atoms with Gasteiger partial charge in [-0.15, -0.1) is 0 Å². The summed E-state index contributed by atoms with van der Waals surface area (Å²) in [6.07, 6.45) is 0.102. The van der Waals surface area contributed by atoms with Gasteiger partial charge < -0.3 is 14.7 Å². The number of fused-ring (bicyclic) bond motifs is 1. The number of piperazine rings is 1. The molecule has 0 unspecified atom stereocenters. The van der Waals surface area contributed by atoms with Gasteiger partial charge in [0, 0.05) is 38.3 Å². The van der Waals surface area contributed by atoms with Crippen LogP contribution in [0.25, 0.3) is 0 Å². The summed E-state index contributed by atoms with van der Waals surface area (Å²) in [7, 11) is 0. The summed E-state index contributed by atoms with van der Waals surface area (Å²) < 4.78 is 27.7. The number of hydrogen-bond donors (Lipinski definition) is 0. The van der Waals surface area contributed by atoms with Crippen LogP contribution in [-0.4, -0.2) is 47.8 Å². The molecule has 2 aliphatic rings. The van der Waals surface area contributed by atoms with Crippen LogP contribution < -0.4 is 4.90 Å². The van der Waals surface area contributed by atoms with Crippen molar-refractivity contribution in [2.45, 2.75) is 19.0 Å². The van der Waals surface area contributed by atoms with Crippen LogP contribution in [0.4, 0.5) is 14.5 Å². The van der Waals surface area contributed by atoms with Crippen LogP contribution in [-0.2, 0) is 11.3 Å². The molecule has 0 N–H and O–H groups in total. The molecule has 0 aliphatic carbocycles. The van der Waals surface area contributed by atoms with Crippen molar-refractivity contribution >= 4 is 17.5 Å². The van der Waals surface area contributed by atoms with Gasteiger partial charge in [0.25, 0.3) is 5.91 Å². The summed E-state index contributed by atoms with van der Waals surface area (Å²) in [6, 6.07) is 19.6.